The number of halogens is 3. The molecule has 0 aromatic carbocycles. The van der Waals surface area contributed by atoms with Gasteiger partial charge in [-0.1, -0.05) is 11.5 Å². The molecule has 7 heteroatoms. The van der Waals surface area contributed by atoms with Crippen LogP contribution < -0.4 is 5.46 Å². The van der Waals surface area contributed by atoms with Crippen LogP contribution in [0.4, 0.5) is 12.9 Å². The second-order valence-corrected chi connectivity index (χ2v) is 2.80. The van der Waals surface area contributed by atoms with E-state index in [4.69, 9.17) is 0 Å². The highest BCUT2D eigenvalue weighted by Gasteiger charge is 2.26. The SMILES string of the molecule is CCOC(=O)c1cncc([B-](F)(F)F)c1. The first kappa shape index (κ1) is 11.5. The normalized spacial score (nSPS) is 11.2. The number of rotatable bonds is 3. The van der Waals surface area contributed by atoms with Gasteiger partial charge in [0.05, 0.1) is 12.2 Å². The van der Waals surface area contributed by atoms with E-state index in [-0.39, 0.29) is 12.2 Å². The average Bonchev–Trinajstić information content (AvgIpc) is 2.17. The fraction of sp³-hybridized carbons (Fsp3) is 0.250. The molecular formula is C8H8BF3NO2-. The number of pyridine rings is 1. The third-order valence-corrected chi connectivity index (χ3v) is 1.65. The van der Waals surface area contributed by atoms with Gasteiger partial charge in [-0.25, -0.2) is 4.79 Å². The Morgan fingerprint density at radius 2 is 2.13 bits per heavy atom. The lowest BCUT2D eigenvalue weighted by Crippen LogP contribution is -2.35. The first-order chi connectivity index (χ1) is 6.95. The number of nitrogens with zero attached hydrogens (tertiary/aromatic N) is 1. The van der Waals surface area contributed by atoms with E-state index in [2.05, 4.69) is 9.72 Å². The molecule has 1 aromatic rings. The van der Waals surface area contributed by atoms with Crippen molar-refractivity contribution in [2.45, 2.75) is 6.92 Å². The van der Waals surface area contributed by atoms with Gasteiger partial charge in [-0.2, -0.15) is 0 Å². The van der Waals surface area contributed by atoms with Gasteiger partial charge in [0.15, 0.2) is 0 Å². The van der Waals surface area contributed by atoms with Crippen LogP contribution in [0.5, 0.6) is 0 Å². The van der Waals surface area contributed by atoms with Crippen molar-refractivity contribution in [1.82, 2.24) is 4.98 Å². The summed E-state index contributed by atoms with van der Waals surface area (Å²) < 4.78 is 41.4. The van der Waals surface area contributed by atoms with Crippen LogP contribution in [0.3, 0.4) is 0 Å². The Bertz CT molecular complexity index is 367. The zero-order valence-corrected chi connectivity index (χ0v) is 7.91. The van der Waals surface area contributed by atoms with Crippen molar-refractivity contribution in [2.24, 2.45) is 0 Å². The number of hydrogen-bond donors (Lipinski definition) is 0. The Kier molecular flexibility index (Phi) is 3.33. The molecule has 0 amide bonds. The van der Waals surface area contributed by atoms with Gasteiger partial charge in [0.2, 0.25) is 0 Å². The van der Waals surface area contributed by atoms with Gasteiger partial charge in [-0.05, 0) is 13.1 Å². The standard InChI is InChI=1S/C8H8BF3NO2/c1-2-15-8(14)6-3-7(5-13-4-6)9(10,11)12/h3-5H,2H2,1H3/q-1. The molecule has 0 aliphatic carbocycles. The maximum atomic E-state index is 12.3. The lowest BCUT2D eigenvalue weighted by Gasteiger charge is -2.14. The minimum Gasteiger partial charge on any atom is -0.462 e. The molecule has 0 saturated heterocycles. The summed E-state index contributed by atoms with van der Waals surface area (Å²) in [4.78, 5) is 14.5. The Labute approximate surface area is 84.3 Å². The fourth-order valence-corrected chi connectivity index (χ4v) is 0.963. The van der Waals surface area contributed by atoms with E-state index in [0.29, 0.717) is 6.20 Å². The van der Waals surface area contributed by atoms with Gasteiger partial charge >= 0.3 is 12.9 Å². The van der Waals surface area contributed by atoms with E-state index in [1.54, 1.807) is 6.92 Å². The monoisotopic (exact) mass is 218 g/mol. The van der Waals surface area contributed by atoms with Crippen molar-refractivity contribution in [2.75, 3.05) is 6.61 Å². The molecule has 0 aliphatic rings. The third kappa shape index (κ3) is 2.97. The van der Waals surface area contributed by atoms with Crippen LogP contribution >= 0.6 is 0 Å². The van der Waals surface area contributed by atoms with E-state index >= 15 is 0 Å². The van der Waals surface area contributed by atoms with Crippen molar-refractivity contribution < 1.29 is 22.5 Å². The maximum absolute atomic E-state index is 12.3. The van der Waals surface area contributed by atoms with E-state index in [1.807, 2.05) is 0 Å². The second-order valence-electron chi connectivity index (χ2n) is 2.80. The number of aromatic nitrogens is 1. The smallest absolute Gasteiger partial charge is 0.462 e. The largest absolute Gasteiger partial charge is 0.511 e. The summed E-state index contributed by atoms with van der Waals surface area (Å²) in [5, 5.41) is 0. The van der Waals surface area contributed by atoms with Crippen LogP contribution in [0, 0.1) is 0 Å². The molecule has 0 saturated carbocycles. The van der Waals surface area contributed by atoms with Crippen LogP contribution in [-0.2, 0) is 4.74 Å². The second kappa shape index (κ2) is 4.33. The van der Waals surface area contributed by atoms with Gasteiger partial charge in [-0.15, -0.1) is 0 Å². The zero-order chi connectivity index (χ0) is 11.5. The van der Waals surface area contributed by atoms with Gasteiger partial charge in [-0.3, -0.25) is 4.98 Å². The van der Waals surface area contributed by atoms with Gasteiger partial charge in [0.25, 0.3) is 0 Å². The number of carbonyl (C=O) groups excluding carboxylic acids is 1. The summed E-state index contributed by atoms with van der Waals surface area (Å²) in [5.41, 5.74) is -1.09. The van der Waals surface area contributed by atoms with Gasteiger partial charge in [0.1, 0.15) is 0 Å². The highest BCUT2D eigenvalue weighted by molar-refractivity contribution is 6.73. The predicted molar refractivity (Wildman–Crippen MR) is 48.9 cm³/mol. The summed E-state index contributed by atoms with van der Waals surface area (Å²) in [6.45, 7) is -3.45. The van der Waals surface area contributed by atoms with E-state index in [1.165, 1.54) is 0 Å². The quantitative estimate of drug-likeness (QED) is 0.567. The molecule has 15 heavy (non-hydrogen) atoms. The van der Waals surface area contributed by atoms with Crippen molar-refractivity contribution >= 4 is 18.4 Å². The minimum absolute atomic E-state index is 0.111. The van der Waals surface area contributed by atoms with Gasteiger partial charge < -0.3 is 17.7 Å². The topological polar surface area (TPSA) is 39.2 Å². The molecule has 0 unspecified atom stereocenters. The summed E-state index contributed by atoms with van der Waals surface area (Å²) in [7, 11) is 0. The molecule has 1 heterocycles. The van der Waals surface area contributed by atoms with Gasteiger partial charge in [0, 0.05) is 6.20 Å². The zero-order valence-electron chi connectivity index (χ0n) is 7.91. The highest BCUT2D eigenvalue weighted by atomic mass is 19.4. The number of esters is 1. The molecule has 0 atom stereocenters. The van der Waals surface area contributed by atoms with E-state index < -0.39 is 18.4 Å². The lowest BCUT2D eigenvalue weighted by molar-refractivity contribution is 0.0526. The Morgan fingerprint density at radius 1 is 1.47 bits per heavy atom. The molecule has 1 aromatic heterocycles. The first-order valence-corrected chi connectivity index (χ1v) is 4.27. The van der Waals surface area contributed by atoms with Crippen LogP contribution in [-0.4, -0.2) is 24.5 Å². The Morgan fingerprint density at radius 3 is 2.67 bits per heavy atom. The molecular weight excluding hydrogens is 210 g/mol. The molecule has 0 fully saturated rings. The Hall–Kier alpha value is -1.53. The third-order valence-electron chi connectivity index (χ3n) is 1.65. The summed E-state index contributed by atoms with van der Waals surface area (Å²) in [6.07, 6.45) is 1.73. The van der Waals surface area contributed by atoms with Crippen molar-refractivity contribution in [3.05, 3.63) is 24.0 Å². The molecule has 1 rings (SSSR count). The lowest BCUT2D eigenvalue weighted by atomic mass is 9.81. The highest BCUT2D eigenvalue weighted by Crippen LogP contribution is 2.09. The maximum Gasteiger partial charge on any atom is 0.511 e. The fourth-order valence-electron chi connectivity index (χ4n) is 0.963. The summed E-state index contributed by atoms with van der Waals surface area (Å²) in [5.74, 6) is -0.799. The van der Waals surface area contributed by atoms with E-state index in [9.17, 15) is 17.7 Å². The molecule has 0 aliphatic heterocycles. The molecule has 0 N–H and O–H groups in total. The molecule has 0 bridgehead atoms. The number of ether oxygens (including phenoxy) is 1. The molecule has 82 valence electrons. The summed E-state index contributed by atoms with van der Waals surface area (Å²) in [6, 6.07) is 0.741. The van der Waals surface area contributed by atoms with Crippen molar-refractivity contribution in [3.63, 3.8) is 0 Å². The number of hydrogen-bond acceptors (Lipinski definition) is 3. The predicted octanol–water partition coefficient (Wildman–Crippen LogP) is 1.31. The van der Waals surface area contributed by atoms with Crippen LogP contribution in [0.15, 0.2) is 18.5 Å². The van der Waals surface area contributed by atoms with E-state index in [0.717, 1.165) is 12.3 Å². The van der Waals surface area contributed by atoms with Crippen molar-refractivity contribution in [3.8, 4) is 0 Å². The van der Waals surface area contributed by atoms with Crippen LogP contribution in [0.25, 0.3) is 0 Å². The Balaban J connectivity index is 2.98. The number of carbonyl (C=O) groups is 1. The average molecular weight is 218 g/mol. The first-order valence-electron chi connectivity index (χ1n) is 4.27. The summed E-state index contributed by atoms with van der Waals surface area (Å²) >= 11 is 0. The molecule has 0 radical (unpaired) electrons. The minimum atomic E-state index is -5.13. The molecule has 0 spiro atoms. The van der Waals surface area contributed by atoms with Crippen LogP contribution in [0.1, 0.15) is 17.3 Å². The van der Waals surface area contributed by atoms with Crippen LogP contribution in [0.2, 0.25) is 0 Å². The van der Waals surface area contributed by atoms with Crippen molar-refractivity contribution in [1.29, 1.82) is 0 Å². The molecule has 3 nitrogen and oxygen atoms in total.